The van der Waals surface area contributed by atoms with Crippen LogP contribution >= 0.6 is 23.6 Å². The molecule has 1 aliphatic heterocycles. The maximum absolute atomic E-state index is 5.36. The van der Waals surface area contributed by atoms with Crippen LogP contribution in [0.5, 0.6) is 0 Å². The number of nitrogens with one attached hydrogen (secondary N) is 2. The van der Waals surface area contributed by atoms with E-state index in [1.807, 2.05) is 52.7 Å². The summed E-state index contributed by atoms with van der Waals surface area (Å²) >= 11 is 6.99. The van der Waals surface area contributed by atoms with Crippen LogP contribution in [0.15, 0.2) is 59.1 Å². The van der Waals surface area contributed by atoms with E-state index in [9.17, 15) is 0 Å². The van der Waals surface area contributed by atoms with E-state index in [2.05, 4.69) is 26.8 Å². The Kier molecular flexibility index (Phi) is 7.20. The van der Waals surface area contributed by atoms with Gasteiger partial charge in [0.2, 0.25) is 0 Å². The molecule has 156 valence electrons. The van der Waals surface area contributed by atoms with Crippen LogP contribution in [0, 0.1) is 0 Å². The standard InChI is InChI=1S/C21H24N6OS2/c29-21(22-8-9-26-10-12-28-13-11-26)24-23-15-17-16-27(18-5-2-1-3-6-18)25-20(17)19-7-4-14-30-19/h1-7,14-16H,8-13H2,(H2,22,24,29). The Morgan fingerprint density at radius 3 is 2.80 bits per heavy atom. The van der Waals surface area contributed by atoms with Crippen molar-refractivity contribution in [1.29, 1.82) is 0 Å². The number of hydrogen-bond acceptors (Lipinski definition) is 6. The number of hydrogen-bond donors (Lipinski definition) is 2. The Labute approximate surface area is 185 Å². The molecule has 30 heavy (non-hydrogen) atoms. The van der Waals surface area contributed by atoms with Gasteiger partial charge in [0, 0.05) is 37.9 Å². The number of thiophene rings is 1. The van der Waals surface area contributed by atoms with Crippen LogP contribution in [0.4, 0.5) is 0 Å². The minimum absolute atomic E-state index is 0.507. The summed E-state index contributed by atoms with van der Waals surface area (Å²) in [6.07, 6.45) is 3.74. The van der Waals surface area contributed by atoms with E-state index in [0.717, 1.165) is 61.2 Å². The quantitative estimate of drug-likeness (QED) is 0.335. The first-order chi connectivity index (χ1) is 14.8. The summed E-state index contributed by atoms with van der Waals surface area (Å²) in [5.74, 6) is 0. The second-order valence-electron chi connectivity index (χ2n) is 6.77. The zero-order valence-corrected chi connectivity index (χ0v) is 18.2. The average molecular weight is 441 g/mol. The van der Waals surface area contributed by atoms with E-state index < -0.39 is 0 Å². The Bertz CT molecular complexity index is 965. The van der Waals surface area contributed by atoms with Gasteiger partial charge in [-0.15, -0.1) is 11.3 Å². The SMILES string of the molecule is S=C(NCCN1CCOCC1)NN=Cc1cn(-c2ccccc2)nc1-c1cccs1. The lowest BCUT2D eigenvalue weighted by molar-refractivity contribution is 0.0389. The first-order valence-corrected chi connectivity index (χ1v) is 11.1. The van der Waals surface area contributed by atoms with E-state index in [0.29, 0.717) is 5.11 Å². The van der Waals surface area contributed by atoms with Crippen molar-refractivity contribution in [3.8, 4) is 16.3 Å². The predicted octanol–water partition coefficient (Wildman–Crippen LogP) is 2.73. The van der Waals surface area contributed by atoms with Crippen molar-refractivity contribution in [3.63, 3.8) is 0 Å². The summed E-state index contributed by atoms with van der Waals surface area (Å²) in [6.45, 7) is 5.25. The summed E-state index contributed by atoms with van der Waals surface area (Å²) in [6, 6.07) is 14.1. The second-order valence-corrected chi connectivity index (χ2v) is 8.13. The fourth-order valence-corrected chi connectivity index (χ4v) is 4.04. The largest absolute Gasteiger partial charge is 0.379 e. The molecular formula is C21H24N6OS2. The molecule has 1 saturated heterocycles. The Morgan fingerprint density at radius 2 is 2.03 bits per heavy atom. The van der Waals surface area contributed by atoms with Crippen molar-refractivity contribution in [2.24, 2.45) is 5.10 Å². The van der Waals surface area contributed by atoms with Gasteiger partial charge in [-0.1, -0.05) is 24.3 Å². The number of thiocarbonyl (C=S) groups is 1. The molecule has 4 rings (SSSR count). The minimum atomic E-state index is 0.507. The molecule has 0 radical (unpaired) electrons. The molecule has 0 aliphatic carbocycles. The topological polar surface area (TPSA) is 66.7 Å². The molecule has 9 heteroatoms. The molecule has 0 spiro atoms. The van der Waals surface area contributed by atoms with Crippen LogP contribution in [0.25, 0.3) is 16.3 Å². The van der Waals surface area contributed by atoms with Crippen molar-refractivity contribution in [3.05, 3.63) is 59.6 Å². The third-order valence-electron chi connectivity index (χ3n) is 4.70. The third-order valence-corrected chi connectivity index (χ3v) is 5.82. The molecule has 1 aliphatic rings. The number of morpholine rings is 1. The summed E-state index contributed by atoms with van der Waals surface area (Å²) in [4.78, 5) is 3.45. The number of rotatable bonds is 7. The summed E-state index contributed by atoms with van der Waals surface area (Å²) in [7, 11) is 0. The molecule has 1 fully saturated rings. The van der Waals surface area contributed by atoms with Gasteiger partial charge in [-0.25, -0.2) is 4.68 Å². The van der Waals surface area contributed by atoms with Crippen LogP contribution in [0.1, 0.15) is 5.56 Å². The normalized spacial score (nSPS) is 14.8. The molecule has 2 N–H and O–H groups in total. The highest BCUT2D eigenvalue weighted by atomic mass is 32.1. The second kappa shape index (κ2) is 10.4. The lowest BCUT2D eigenvalue weighted by Crippen LogP contribution is -2.42. The number of aromatic nitrogens is 2. The smallest absolute Gasteiger partial charge is 0.187 e. The van der Waals surface area contributed by atoms with Crippen LogP contribution in [0.3, 0.4) is 0 Å². The zero-order valence-electron chi connectivity index (χ0n) is 16.5. The van der Waals surface area contributed by atoms with Gasteiger partial charge in [-0.3, -0.25) is 10.3 Å². The van der Waals surface area contributed by atoms with E-state index in [1.54, 1.807) is 17.6 Å². The highest BCUT2D eigenvalue weighted by Crippen LogP contribution is 2.26. The van der Waals surface area contributed by atoms with Gasteiger partial charge in [0.15, 0.2) is 5.11 Å². The monoisotopic (exact) mass is 440 g/mol. The fourth-order valence-electron chi connectivity index (χ4n) is 3.15. The molecule has 3 heterocycles. The maximum Gasteiger partial charge on any atom is 0.187 e. The number of hydrazone groups is 1. The first-order valence-electron chi connectivity index (χ1n) is 9.85. The molecule has 7 nitrogen and oxygen atoms in total. The number of para-hydroxylation sites is 1. The summed E-state index contributed by atoms with van der Waals surface area (Å²) in [5, 5.41) is 14.8. The molecule has 2 aromatic heterocycles. The molecule has 0 bridgehead atoms. The van der Waals surface area contributed by atoms with Crippen LogP contribution < -0.4 is 10.7 Å². The van der Waals surface area contributed by atoms with E-state index >= 15 is 0 Å². The highest BCUT2D eigenvalue weighted by Gasteiger charge is 2.12. The molecule has 0 unspecified atom stereocenters. The van der Waals surface area contributed by atoms with Gasteiger partial charge in [0.1, 0.15) is 5.69 Å². The number of benzene rings is 1. The number of ether oxygens (including phenoxy) is 1. The predicted molar refractivity (Wildman–Crippen MR) is 125 cm³/mol. The summed E-state index contributed by atoms with van der Waals surface area (Å²) in [5.41, 5.74) is 5.72. The van der Waals surface area contributed by atoms with Crippen LogP contribution in [-0.2, 0) is 4.74 Å². The Balaban J connectivity index is 1.37. The van der Waals surface area contributed by atoms with Crippen molar-refractivity contribution in [1.82, 2.24) is 25.4 Å². The van der Waals surface area contributed by atoms with Crippen molar-refractivity contribution >= 4 is 34.9 Å². The van der Waals surface area contributed by atoms with Crippen molar-refractivity contribution in [2.45, 2.75) is 0 Å². The molecule has 3 aromatic rings. The molecular weight excluding hydrogens is 416 g/mol. The van der Waals surface area contributed by atoms with Crippen LogP contribution in [-0.4, -0.2) is 65.4 Å². The Hall–Kier alpha value is -2.59. The Morgan fingerprint density at radius 1 is 1.20 bits per heavy atom. The highest BCUT2D eigenvalue weighted by molar-refractivity contribution is 7.80. The lowest BCUT2D eigenvalue weighted by Gasteiger charge is -2.26. The molecule has 0 atom stereocenters. The van der Waals surface area contributed by atoms with Crippen molar-refractivity contribution < 1.29 is 4.74 Å². The van der Waals surface area contributed by atoms with E-state index in [4.69, 9.17) is 22.1 Å². The maximum atomic E-state index is 5.36. The molecule has 1 aromatic carbocycles. The first kappa shape index (κ1) is 20.7. The van der Waals surface area contributed by atoms with Gasteiger partial charge in [-0.05, 0) is 35.8 Å². The minimum Gasteiger partial charge on any atom is -0.379 e. The van der Waals surface area contributed by atoms with Crippen LogP contribution in [0.2, 0.25) is 0 Å². The molecule has 0 saturated carbocycles. The van der Waals surface area contributed by atoms with Gasteiger partial charge in [0.05, 0.1) is 30.0 Å². The van der Waals surface area contributed by atoms with Gasteiger partial charge >= 0.3 is 0 Å². The fraction of sp³-hybridized carbons (Fsp3) is 0.286. The van der Waals surface area contributed by atoms with Crippen molar-refractivity contribution in [2.75, 3.05) is 39.4 Å². The lowest BCUT2D eigenvalue weighted by atomic mass is 10.2. The zero-order chi connectivity index (χ0) is 20.6. The van der Waals surface area contributed by atoms with E-state index in [1.165, 1.54) is 0 Å². The van der Waals surface area contributed by atoms with Gasteiger partial charge in [0.25, 0.3) is 0 Å². The van der Waals surface area contributed by atoms with Gasteiger partial charge < -0.3 is 10.1 Å². The van der Waals surface area contributed by atoms with Gasteiger partial charge in [-0.2, -0.15) is 10.2 Å². The van der Waals surface area contributed by atoms with E-state index in [-0.39, 0.29) is 0 Å². The molecule has 0 amide bonds. The third kappa shape index (κ3) is 5.51. The number of nitrogens with zero attached hydrogens (tertiary/aromatic N) is 4. The average Bonchev–Trinajstić information content (AvgIpc) is 3.45. The summed E-state index contributed by atoms with van der Waals surface area (Å²) < 4.78 is 7.23.